The van der Waals surface area contributed by atoms with E-state index in [1.165, 1.54) is 32.1 Å². The fraction of sp³-hybridized carbons (Fsp3) is 0.348. The fourth-order valence-corrected chi connectivity index (χ4v) is 2.62. The third-order valence-electron chi connectivity index (χ3n) is 4.13. The Bertz CT molecular complexity index is 642. The summed E-state index contributed by atoms with van der Waals surface area (Å²) in [6, 6.07) is 17.2. The number of carbonyl (C=O) groups excluding carboxylic acids is 1. The van der Waals surface area contributed by atoms with Crippen LogP contribution >= 0.6 is 0 Å². The number of hydrogen-bond donors (Lipinski definition) is 0. The lowest BCUT2D eigenvalue weighted by Gasteiger charge is -2.06. The average Bonchev–Trinajstić information content (AvgIpc) is 2.67. The highest BCUT2D eigenvalue weighted by molar-refractivity contribution is 6.06. The minimum Gasteiger partial charge on any atom is -0.494 e. The van der Waals surface area contributed by atoms with Crippen molar-refractivity contribution in [1.82, 2.24) is 0 Å². The van der Waals surface area contributed by atoms with Gasteiger partial charge >= 0.3 is 0 Å². The maximum absolute atomic E-state index is 12.2. The molecule has 132 valence electrons. The molecule has 0 aliphatic rings. The van der Waals surface area contributed by atoms with Gasteiger partial charge in [0, 0.05) is 5.56 Å². The van der Waals surface area contributed by atoms with E-state index in [1.54, 1.807) is 6.08 Å². The number of benzene rings is 2. The Morgan fingerprint density at radius 2 is 1.56 bits per heavy atom. The van der Waals surface area contributed by atoms with Crippen LogP contribution in [0.5, 0.6) is 5.75 Å². The van der Waals surface area contributed by atoms with Crippen molar-refractivity contribution in [3.8, 4) is 5.75 Å². The summed E-state index contributed by atoms with van der Waals surface area (Å²) in [5.41, 5.74) is 1.70. The maximum atomic E-state index is 12.2. The molecule has 2 aromatic rings. The molecule has 25 heavy (non-hydrogen) atoms. The molecule has 2 aromatic carbocycles. The molecule has 0 radical (unpaired) electrons. The van der Waals surface area contributed by atoms with Crippen LogP contribution in [0.15, 0.2) is 60.7 Å². The second-order valence-electron chi connectivity index (χ2n) is 6.25. The number of hydrogen-bond acceptors (Lipinski definition) is 2. The van der Waals surface area contributed by atoms with Crippen LogP contribution in [-0.2, 0) is 0 Å². The summed E-state index contributed by atoms with van der Waals surface area (Å²) >= 11 is 0. The first kappa shape index (κ1) is 19.0. The first-order valence-corrected chi connectivity index (χ1v) is 9.30. The number of ether oxygens (including phenoxy) is 1. The molecule has 0 aliphatic carbocycles. The highest BCUT2D eigenvalue weighted by Crippen LogP contribution is 2.14. The molecular formula is C23H28O2. The Kier molecular flexibility index (Phi) is 8.54. The third kappa shape index (κ3) is 7.38. The number of carbonyl (C=O) groups is 1. The van der Waals surface area contributed by atoms with Gasteiger partial charge in [-0.1, -0.05) is 75.4 Å². The smallest absolute Gasteiger partial charge is 0.185 e. The van der Waals surface area contributed by atoms with E-state index in [1.807, 2.05) is 60.7 Å². The first-order chi connectivity index (χ1) is 12.3. The monoisotopic (exact) mass is 336 g/mol. The summed E-state index contributed by atoms with van der Waals surface area (Å²) in [6.45, 7) is 2.97. The molecule has 0 fully saturated rings. The molecule has 0 heterocycles. The third-order valence-corrected chi connectivity index (χ3v) is 4.13. The van der Waals surface area contributed by atoms with Crippen molar-refractivity contribution in [2.45, 2.75) is 45.4 Å². The summed E-state index contributed by atoms with van der Waals surface area (Å²) in [6.07, 6.45) is 11.0. The van der Waals surface area contributed by atoms with E-state index in [9.17, 15) is 4.79 Å². The Hall–Kier alpha value is -2.35. The quantitative estimate of drug-likeness (QED) is 0.272. The van der Waals surface area contributed by atoms with Crippen LogP contribution in [-0.4, -0.2) is 12.4 Å². The van der Waals surface area contributed by atoms with E-state index >= 15 is 0 Å². The molecule has 2 heteroatoms. The van der Waals surface area contributed by atoms with Gasteiger partial charge in [-0.05, 0) is 42.3 Å². The molecule has 0 aromatic heterocycles. The van der Waals surface area contributed by atoms with Gasteiger partial charge in [-0.3, -0.25) is 4.79 Å². The maximum Gasteiger partial charge on any atom is 0.185 e. The van der Waals surface area contributed by atoms with Gasteiger partial charge in [0.25, 0.3) is 0 Å². The predicted molar refractivity (Wildman–Crippen MR) is 105 cm³/mol. The van der Waals surface area contributed by atoms with E-state index in [0.717, 1.165) is 24.3 Å². The topological polar surface area (TPSA) is 26.3 Å². The molecule has 0 unspecified atom stereocenters. The molecule has 0 atom stereocenters. The first-order valence-electron chi connectivity index (χ1n) is 9.30. The van der Waals surface area contributed by atoms with Crippen molar-refractivity contribution in [2.75, 3.05) is 6.61 Å². The molecular weight excluding hydrogens is 308 g/mol. The number of allylic oxidation sites excluding steroid dienone is 1. The molecule has 2 rings (SSSR count). The highest BCUT2D eigenvalue weighted by atomic mass is 16.5. The van der Waals surface area contributed by atoms with Crippen molar-refractivity contribution in [3.63, 3.8) is 0 Å². The Morgan fingerprint density at radius 1 is 0.880 bits per heavy atom. The molecule has 0 amide bonds. The summed E-state index contributed by atoms with van der Waals surface area (Å²) in [5.74, 6) is 0.837. The van der Waals surface area contributed by atoms with Crippen LogP contribution in [0.3, 0.4) is 0 Å². The van der Waals surface area contributed by atoms with Crippen LogP contribution in [0.1, 0.15) is 61.4 Å². The molecule has 0 bridgehead atoms. The van der Waals surface area contributed by atoms with Crippen molar-refractivity contribution >= 4 is 11.9 Å². The summed E-state index contributed by atoms with van der Waals surface area (Å²) < 4.78 is 5.75. The van der Waals surface area contributed by atoms with Crippen LogP contribution in [0.4, 0.5) is 0 Å². The van der Waals surface area contributed by atoms with Gasteiger partial charge in [-0.25, -0.2) is 0 Å². The Morgan fingerprint density at radius 3 is 2.28 bits per heavy atom. The standard InChI is InChI=1S/C23H28O2/c1-2-3-4-5-6-10-19-25-22-16-14-21(15-17-22)23(24)18-13-20-11-8-7-9-12-20/h7-9,11-18H,2-6,10,19H2,1H3. The van der Waals surface area contributed by atoms with Crippen LogP contribution in [0.2, 0.25) is 0 Å². The van der Waals surface area contributed by atoms with Crippen LogP contribution in [0, 0.1) is 0 Å². The summed E-state index contributed by atoms with van der Waals surface area (Å²) in [7, 11) is 0. The lowest BCUT2D eigenvalue weighted by molar-refractivity contribution is 0.104. The van der Waals surface area contributed by atoms with E-state index in [-0.39, 0.29) is 5.78 Å². The lowest BCUT2D eigenvalue weighted by Crippen LogP contribution is -1.98. The van der Waals surface area contributed by atoms with Gasteiger partial charge in [0.2, 0.25) is 0 Å². The van der Waals surface area contributed by atoms with Crippen molar-refractivity contribution in [1.29, 1.82) is 0 Å². The van der Waals surface area contributed by atoms with Gasteiger partial charge in [-0.15, -0.1) is 0 Å². The highest BCUT2D eigenvalue weighted by Gasteiger charge is 2.02. The molecule has 0 saturated carbocycles. The minimum absolute atomic E-state index is 0.00586. The minimum atomic E-state index is 0.00586. The summed E-state index contributed by atoms with van der Waals surface area (Å²) in [5, 5.41) is 0. The van der Waals surface area contributed by atoms with E-state index < -0.39 is 0 Å². The Balaban J connectivity index is 1.73. The SMILES string of the molecule is CCCCCCCCOc1ccc(C(=O)C=Cc2ccccc2)cc1. The number of unbranched alkanes of at least 4 members (excludes halogenated alkanes) is 5. The van der Waals surface area contributed by atoms with Crippen LogP contribution < -0.4 is 4.74 Å². The van der Waals surface area contributed by atoms with E-state index in [0.29, 0.717) is 5.56 Å². The van der Waals surface area contributed by atoms with E-state index in [4.69, 9.17) is 4.74 Å². The second kappa shape index (κ2) is 11.2. The van der Waals surface area contributed by atoms with Gasteiger partial charge in [0.1, 0.15) is 5.75 Å². The summed E-state index contributed by atoms with van der Waals surface area (Å²) in [4.78, 5) is 12.2. The van der Waals surface area contributed by atoms with Crippen molar-refractivity contribution < 1.29 is 9.53 Å². The molecule has 0 spiro atoms. The molecule has 0 N–H and O–H groups in total. The average molecular weight is 336 g/mol. The molecule has 0 saturated heterocycles. The largest absolute Gasteiger partial charge is 0.494 e. The molecule has 0 aliphatic heterocycles. The van der Waals surface area contributed by atoms with Gasteiger partial charge in [-0.2, -0.15) is 0 Å². The zero-order chi connectivity index (χ0) is 17.7. The van der Waals surface area contributed by atoms with Gasteiger partial charge in [0.05, 0.1) is 6.61 Å². The van der Waals surface area contributed by atoms with Crippen molar-refractivity contribution in [2.24, 2.45) is 0 Å². The van der Waals surface area contributed by atoms with E-state index in [2.05, 4.69) is 6.92 Å². The normalized spacial score (nSPS) is 10.9. The van der Waals surface area contributed by atoms with Gasteiger partial charge in [0.15, 0.2) is 5.78 Å². The van der Waals surface area contributed by atoms with Gasteiger partial charge < -0.3 is 4.74 Å². The number of ketones is 1. The van der Waals surface area contributed by atoms with Crippen molar-refractivity contribution in [3.05, 3.63) is 71.8 Å². The number of rotatable bonds is 11. The van der Waals surface area contributed by atoms with Crippen LogP contribution in [0.25, 0.3) is 6.08 Å². The zero-order valence-corrected chi connectivity index (χ0v) is 15.1. The fourth-order valence-electron chi connectivity index (χ4n) is 2.62. The predicted octanol–water partition coefficient (Wildman–Crippen LogP) is 6.32. The second-order valence-corrected chi connectivity index (χ2v) is 6.25. The zero-order valence-electron chi connectivity index (χ0n) is 15.1. The Labute approximate surface area is 151 Å². The molecule has 2 nitrogen and oxygen atoms in total. The lowest BCUT2D eigenvalue weighted by atomic mass is 10.1.